The smallest absolute Gasteiger partial charge is 0.325 e. The normalized spacial score (nSPS) is 17.7. The summed E-state index contributed by atoms with van der Waals surface area (Å²) in [6.45, 7) is -0.485. The molecule has 0 unspecified atom stereocenters. The highest BCUT2D eigenvalue weighted by Gasteiger charge is 2.30. The molecule has 0 aromatic rings. The van der Waals surface area contributed by atoms with Gasteiger partial charge in [-0.1, -0.05) is 0 Å². The van der Waals surface area contributed by atoms with Crippen LogP contribution in [0.5, 0.6) is 0 Å². The number of thiocarbonyl (C=S) groups is 1. The zero-order chi connectivity index (χ0) is 11.4. The van der Waals surface area contributed by atoms with Gasteiger partial charge in [0.1, 0.15) is 6.54 Å². The van der Waals surface area contributed by atoms with Crippen molar-refractivity contribution in [1.82, 2.24) is 10.6 Å². The van der Waals surface area contributed by atoms with Gasteiger partial charge in [0, 0.05) is 6.21 Å². The number of aliphatic imine (C=N–C) groups is 1. The molecule has 7 nitrogen and oxygen atoms in total. The maximum absolute atomic E-state index is 11.2. The van der Waals surface area contributed by atoms with E-state index in [0.29, 0.717) is 0 Å². The first-order valence-electron chi connectivity index (χ1n) is 3.88. The van der Waals surface area contributed by atoms with Gasteiger partial charge in [0.2, 0.25) is 11.8 Å². The number of carbonyl (C=O) groups excluding carboxylic acids is 2. The van der Waals surface area contributed by atoms with E-state index in [2.05, 4.69) is 27.8 Å². The molecule has 1 rings (SSSR count). The van der Waals surface area contributed by atoms with Gasteiger partial charge >= 0.3 is 5.97 Å². The highest BCUT2D eigenvalue weighted by atomic mass is 32.1. The summed E-state index contributed by atoms with van der Waals surface area (Å²) in [6.07, 6.45) is 0.987. The zero-order valence-electron chi connectivity index (χ0n) is 7.39. The fourth-order valence-electron chi connectivity index (χ4n) is 0.901. The van der Waals surface area contributed by atoms with Crippen LogP contribution in [0.4, 0.5) is 0 Å². The van der Waals surface area contributed by atoms with Crippen molar-refractivity contribution in [2.45, 2.75) is 0 Å². The Kier molecular flexibility index (Phi) is 3.45. The Bertz CT molecular complexity index is 345. The van der Waals surface area contributed by atoms with Crippen molar-refractivity contribution >= 4 is 41.3 Å². The van der Waals surface area contributed by atoms with E-state index in [1.165, 1.54) is 0 Å². The highest BCUT2D eigenvalue weighted by Crippen LogP contribution is 1.98. The fourth-order valence-corrected chi connectivity index (χ4v) is 1.10. The Morgan fingerprint density at radius 3 is 2.47 bits per heavy atom. The van der Waals surface area contributed by atoms with Gasteiger partial charge < -0.3 is 15.7 Å². The van der Waals surface area contributed by atoms with Gasteiger partial charge in [-0.15, -0.1) is 0 Å². The summed E-state index contributed by atoms with van der Waals surface area (Å²) in [7, 11) is 0. The molecule has 15 heavy (non-hydrogen) atoms. The van der Waals surface area contributed by atoms with Gasteiger partial charge in [-0.3, -0.25) is 19.4 Å². The monoisotopic (exact) mass is 229 g/mol. The molecule has 0 saturated carbocycles. The van der Waals surface area contributed by atoms with Crippen LogP contribution in [0.3, 0.4) is 0 Å². The highest BCUT2D eigenvalue weighted by molar-refractivity contribution is 7.80. The summed E-state index contributed by atoms with van der Waals surface area (Å²) in [5.41, 5.74) is 0. The van der Waals surface area contributed by atoms with E-state index < -0.39 is 30.2 Å². The molecule has 2 amide bonds. The molecule has 0 bridgehead atoms. The first kappa shape index (κ1) is 11.2. The molecule has 0 aromatic carbocycles. The van der Waals surface area contributed by atoms with E-state index in [-0.39, 0.29) is 5.11 Å². The van der Waals surface area contributed by atoms with Crippen LogP contribution >= 0.6 is 12.2 Å². The van der Waals surface area contributed by atoms with Crippen molar-refractivity contribution in [3.05, 3.63) is 0 Å². The van der Waals surface area contributed by atoms with E-state index in [1.807, 2.05) is 0 Å². The zero-order valence-corrected chi connectivity index (χ0v) is 8.21. The van der Waals surface area contributed by atoms with Crippen LogP contribution in [0.15, 0.2) is 4.99 Å². The number of carboxylic acid groups (broad SMARTS) is 1. The summed E-state index contributed by atoms with van der Waals surface area (Å²) >= 11 is 4.56. The minimum absolute atomic E-state index is 0.0621. The van der Waals surface area contributed by atoms with E-state index in [1.54, 1.807) is 0 Å². The number of hydrogen-bond donors (Lipinski definition) is 3. The maximum Gasteiger partial charge on any atom is 0.325 e. The van der Waals surface area contributed by atoms with Crippen molar-refractivity contribution in [1.29, 1.82) is 0 Å². The third-order valence-corrected chi connectivity index (χ3v) is 1.72. The summed E-state index contributed by atoms with van der Waals surface area (Å²) in [6, 6.07) is 0. The molecule has 8 heteroatoms. The first-order valence-corrected chi connectivity index (χ1v) is 4.29. The van der Waals surface area contributed by atoms with Crippen LogP contribution in [0.2, 0.25) is 0 Å². The second-order valence-corrected chi connectivity index (χ2v) is 3.08. The van der Waals surface area contributed by atoms with E-state index in [4.69, 9.17) is 5.11 Å². The minimum atomic E-state index is -1.14. The average molecular weight is 229 g/mol. The lowest BCUT2D eigenvalue weighted by Crippen LogP contribution is -2.56. The number of carbonyl (C=O) groups is 3. The number of nitrogens with one attached hydrogen (secondary N) is 2. The predicted octanol–water partition coefficient (Wildman–Crippen LogP) is -1.71. The molecular formula is C7H7N3O4S. The Labute approximate surface area is 89.6 Å². The Balaban J connectivity index is 2.64. The fraction of sp³-hybridized carbons (Fsp3) is 0.286. The van der Waals surface area contributed by atoms with Gasteiger partial charge in [0.25, 0.3) is 0 Å². The lowest BCUT2D eigenvalue weighted by molar-refractivity contribution is -0.136. The number of nitrogens with zero attached hydrogens (tertiary/aromatic N) is 1. The third-order valence-electron chi connectivity index (χ3n) is 1.52. The quantitative estimate of drug-likeness (QED) is 0.303. The molecule has 3 N–H and O–H groups in total. The Hall–Kier alpha value is -1.83. The van der Waals surface area contributed by atoms with E-state index in [0.717, 1.165) is 6.21 Å². The molecule has 0 aliphatic carbocycles. The molecular weight excluding hydrogens is 222 g/mol. The summed E-state index contributed by atoms with van der Waals surface area (Å²) < 4.78 is 0. The molecule has 1 heterocycles. The lowest BCUT2D eigenvalue weighted by Gasteiger charge is -2.19. The molecule has 0 aromatic heterocycles. The van der Waals surface area contributed by atoms with Crippen LogP contribution in [-0.4, -0.2) is 40.8 Å². The molecule has 80 valence electrons. The first-order chi connectivity index (χ1) is 7.00. The average Bonchev–Trinajstić information content (AvgIpc) is 2.08. The molecule has 1 saturated heterocycles. The molecule has 1 aliphatic heterocycles. The van der Waals surface area contributed by atoms with Crippen LogP contribution in [-0.2, 0) is 14.4 Å². The molecule has 0 radical (unpaired) electrons. The second-order valence-electron chi connectivity index (χ2n) is 2.67. The van der Waals surface area contributed by atoms with Crippen LogP contribution < -0.4 is 10.6 Å². The van der Waals surface area contributed by atoms with E-state index in [9.17, 15) is 14.4 Å². The number of rotatable bonds is 3. The Morgan fingerprint density at radius 1 is 1.47 bits per heavy atom. The van der Waals surface area contributed by atoms with E-state index >= 15 is 0 Å². The number of hydrogen-bond acceptors (Lipinski definition) is 5. The van der Waals surface area contributed by atoms with Crippen molar-refractivity contribution in [3.8, 4) is 0 Å². The third kappa shape index (κ3) is 3.09. The second kappa shape index (κ2) is 4.60. The van der Waals surface area contributed by atoms with Crippen LogP contribution in [0, 0.1) is 5.92 Å². The van der Waals surface area contributed by atoms with Crippen molar-refractivity contribution < 1.29 is 19.5 Å². The van der Waals surface area contributed by atoms with Crippen molar-refractivity contribution in [2.75, 3.05) is 6.54 Å². The van der Waals surface area contributed by atoms with Gasteiger partial charge in [-0.2, -0.15) is 0 Å². The number of aliphatic carboxylic acids is 1. The largest absolute Gasteiger partial charge is 0.480 e. The van der Waals surface area contributed by atoms with Gasteiger partial charge in [-0.25, -0.2) is 0 Å². The number of carboxylic acids is 1. The summed E-state index contributed by atoms with van der Waals surface area (Å²) in [4.78, 5) is 35.9. The number of amides is 2. The van der Waals surface area contributed by atoms with Crippen molar-refractivity contribution in [2.24, 2.45) is 10.9 Å². The lowest BCUT2D eigenvalue weighted by atomic mass is 10.1. The molecule has 1 aliphatic rings. The van der Waals surface area contributed by atoms with Crippen LogP contribution in [0.25, 0.3) is 0 Å². The molecule has 0 atom stereocenters. The van der Waals surface area contributed by atoms with Gasteiger partial charge in [0.05, 0.1) is 0 Å². The SMILES string of the molecule is O=C(O)CN=CC1C(=O)NC(=S)NC1=O. The summed E-state index contributed by atoms with van der Waals surface area (Å²) in [5, 5.41) is 12.7. The topological polar surface area (TPSA) is 108 Å². The predicted molar refractivity (Wildman–Crippen MR) is 53.4 cm³/mol. The van der Waals surface area contributed by atoms with Crippen LogP contribution in [0.1, 0.15) is 0 Å². The minimum Gasteiger partial charge on any atom is -0.480 e. The van der Waals surface area contributed by atoms with Crippen molar-refractivity contribution in [3.63, 3.8) is 0 Å². The van der Waals surface area contributed by atoms with Gasteiger partial charge in [-0.05, 0) is 12.2 Å². The Morgan fingerprint density at radius 2 is 2.00 bits per heavy atom. The standard InChI is InChI=1S/C7H7N3O4S/c11-4(12)2-8-1-3-5(13)9-7(15)10-6(3)14/h1,3H,2H2,(H,11,12)(H2,9,10,13,14,15). The maximum atomic E-state index is 11.2. The summed E-state index contributed by atoms with van der Waals surface area (Å²) in [5.74, 6) is -3.50. The molecule has 1 fully saturated rings. The van der Waals surface area contributed by atoms with Gasteiger partial charge in [0.15, 0.2) is 11.0 Å². The molecule has 0 spiro atoms.